The highest BCUT2D eigenvalue weighted by Crippen LogP contribution is 2.64. The molecule has 4 aliphatic rings. The quantitative estimate of drug-likeness (QED) is 0.129. The van der Waals surface area contributed by atoms with Gasteiger partial charge in [-0.15, -0.1) is 0 Å². The first kappa shape index (κ1) is 35.3. The largest absolute Gasteiger partial charge is 0.508 e. The van der Waals surface area contributed by atoms with Crippen LogP contribution in [0.1, 0.15) is 46.6 Å². The Morgan fingerprint density at radius 2 is 1.30 bits per heavy atom. The van der Waals surface area contributed by atoms with E-state index in [0.717, 1.165) is 0 Å². The number of carbonyl (C=O) groups excluding carboxylic acids is 4. The van der Waals surface area contributed by atoms with Crippen LogP contribution in [0, 0.1) is 23.7 Å². The summed E-state index contributed by atoms with van der Waals surface area (Å²) < 4.78 is 83.3. The van der Waals surface area contributed by atoms with Crippen LogP contribution in [0.5, 0.6) is 5.75 Å². The van der Waals surface area contributed by atoms with Crippen LogP contribution in [-0.2, 0) is 36.9 Å². The highest BCUT2D eigenvalue weighted by molar-refractivity contribution is 6.32. The molecule has 0 spiro atoms. The highest BCUT2D eigenvalue weighted by atomic mass is 19.4. The van der Waals surface area contributed by atoms with Gasteiger partial charge in [0.25, 0.3) is 0 Å². The number of allylic oxidation sites excluding steroid dienone is 4. The minimum absolute atomic E-state index is 0.0714. The number of nitrogens with zero attached hydrogens (tertiary/aromatic N) is 1. The maximum atomic E-state index is 15.0. The Hall–Kier alpha value is -5.78. The van der Waals surface area contributed by atoms with Gasteiger partial charge in [-0.3, -0.25) is 19.2 Å². The minimum atomic E-state index is -5.22. The van der Waals surface area contributed by atoms with Gasteiger partial charge in [0.05, 0.1) is 34.1 Å². The van der Waals surface area contributed by atoms with Gasteiger partial charge in [-0.2, -0.15) is 26.3 Å². The number of Topliss-reactive ketones (excluding diaryl/α,β-unsaturated/α-hetero) is 1. The molecule has 1 saturated heterocycles. The third kappa shape index (κ3) is 5.33. The number of phenolic OH excluding ortho intramolecular Hbond substituents is 1. The molecule has 4 aromatic rings. The van der Waals surface area contributed by atoms with E-state index in [4.69, 9.17) is 0 Å². The monoisotopic (exact) mass is 741 g/mol. The fourth-order valence-electron chi connectivity index (χ4n) is 9.24. The van der Waals surface area contributed by atoms with Crippen molar-refractivity contribution in [2.75, 3.05) is 4.90 Å². The van der Waals surface area contributed by atoms with Crippen LogP contribution in [0.25, 0.3) is 5.57 Å². The lowest BCUT2D eigenvalue weighted by molar-refractivity contribution is -0.143. The molecule has 8 rings (SSSR count). The van der Waals surface area contributed by atoms with Crippen LogP contribution in [0.2, 0.25) is 0 Å². The number of ketones is 2. The number of anilines is 1. The molecule has 6 atom stereocenters. The van der Waals surface area contributed by atoms with E-state index in [1.807, 2.05) is 0 Å². The Morgan fingerprint density at radius 3 is 1.89 bits per heavy atom. The number of aromatic hydroxyl groups is 1. The molecule has 12 heteroatoms. The van der Waals surface area contributed by atoms with Gasteiger partial charge in [0.15, 0.2) is 11.6 Å². The van der Waals surface area contributed by atoms with Crippen LogP contribution < -0.4 is 4.90 Å². The lowest BCUT2D eigenvalue weighted by Gasteiger charge is -2.55. The van der Waals surface area contributed by atoms with E-state index in [9.17, 15) is 50.6 Å². The third-order valence-corrected chi connectivity index (χ3v) is 11.4. The molecule has 0 bridgehead atoms. The molecule has 1 saturated carbocycles. The molecule has 6 unspecified atom stereocenters. The standard InChI is InChI=1S/C42H29F6NO5/c43-41(44,45)25-17-26(42(46,47)48)19-27(18-25)49-38(53)30-16-15-29-32(35(30)39(49)54)20-33-37(52)31(22-7-3-1-4-8-22)21-34(51)40(33,24-9-5-2-6-10-24)36(29)23-11-13-28(50)14-12-23/h1-15,17-19,21,30,32-33,35-36,50H,16,20H2. The fraction of sp³-hybridized carbons (Fsp3) is 0.238. The lowest BCUT2D eigenvalue weighted by atomic mass is 9.44. The minimum Gasteiger partial charge on any atom is -0.508 e. The van der Waals surface area contributed by atoms with Gasteiger partial charge in [-0.25, -0.2) is 4.90 Å². The molecular formula is C42H29F6NO5. The van der Waals surface area contributed by atoms with Gasteiger partial charge < -0.3 is 5.11 Å². The molecule has 274 valence electrons. The number of alkyl halides is 6. The summed E-state index contributed by atoms with van der Waals surface area (Å²) in [5.41, 5.74) is -3.53. The number of carbonyl (C=O) groups is 4. The zero-order valence-corrected chi connectivity index (χ0v) is 28.1. The zero-order valence-electron chi connectivity index (χ0n) is 28.1. The predicted octanol–water partition coefficient (Wildman–Crippen LogP) is 8.46. The van der Waals surface area contributed by atoms with Crippen molar-refractivity contribution in [3.8, 4) is 5.75 Å². The average Bonchev–Trinajstić information content (AvgIpc) is 3.41. The molecule has 0 aromatic heterocycles. The van der Waals surface area contributed by atoms with Crippen LogP contribution in [0.15, 0.2) is 121 Å². The number of hydrogen-bond donors (Lipinski definition) is 1. The molecule has 6 nitrogen and oxygen atoms in total. The molecule has 1 aliphatic heterocycles. The number of amides is 2. The Balaban J connectivity index is 1.32. The van der Waals surface area contributed by atoms with Gasteiger partial charge in [0.1, 0.15) is 5.75 Å². The first-order valence-electron chi connectivity index (χ1n) is 17.2. The molecule has 0 radical (unpaired) electrons. The number of halogens is 6. The van der Waals surface area contributed by atoms with Crippen LogP contribution in [-0.4, -0.2) is 28.5 Å². The SMILES string of the molecule is O=C1C(c2ccccc2)=CC(=O)C2(c3ccccc3)C1CC1C(=CCC3C(=O)N(c4cc(C(F)(F)F)cc(C(F)(F)F)c4)C(=O)C31)C2c1ccc(O)cc1. The molecule has 2 fully saturated rings. The topological polar surface area (TPSA) is 91.8 Å². The smallest absolute Gasteiger partial charge is 0.416 e. The van der Waals surface area contributed by atoms with Gasteiger partial charge in [-0.05, 0) is 71.9 Å². The molecule has 4 aromatic carbocycles. The number of hydrogen-bond acceptors (Lipinski definition) is 5. The number of imide groups is 1. The third-order valence-electron chi connectivity index (χ3n) is 11.4. The molecule has 2 amide bonds. The second-order valence-electron chi connectivity index (χ2n) is 14.2. The van der Waals surface area contributed by atoms with Crippen molar-refractivity contribution in [2.45, 2.75) is 36.5 Å². The molecule has 1 N–H and O–H groups in total. The summed E-state index contributed by atoms with van der Waals surface area (Å²) >= 11 is 0. The van der Waals surface area contributed by atoms with Gasteiger partial charge in [0, 0.05) is 17.4 Å². The van der Waals surface area contributed by atoms with Crippen molar-refractivity contribution in [1.82, 2.24) is 0 Å². The number of benzene rings is 4. The average molecular weight is 742 g/mol. The van der Waals surface area contributed by atoms with E-state index >= 15 is 0 Å². The Morgan fingerprint density at radius 1 is 0.704 bits per heavy atom. The van der Waals surface area contributed by atoms with E-state index in [2.05, 4.69) is 0 Å². The Labute approximate surface area is 304 Å². The normalized spacial score (nSPS) is 26.9. The molecule has 54 heavy (non-hydrogen) atoms. The maximum absolute atomic E-state index is 15.0. The van der Waals surface area contributed by atoms with E-state index in [-0.39, 0.29) is 36.0 Å². The van der Waals surface area contributed by atoms with Crippen molar-refractivity contribution in [2.24, 2.45) is 23.7 Å². The summed E-state index contributed by atoms with van der Waals surface area (Å²) in [5, 5.41) is 10.2. The molecular weight excluding hydrogens is 712 g/mol. The Kier molecular flexibility index (Phi) is 8.09. The molecule has 1 heterocycles. The van der Waals surface area contributed by atoms with Gasteiger partial charge in [0.2, 0.25) is 11.8 Å². The van der Waals surface area contributed by atoms with E-state index in [0.29, 0.717) is 39.3 Å². The first-order chi connectivity index (χ1) is 25.6. The van der Waals surface area contributed by atoms with Gasteiger partial charge in [-0.1, -0.05) is 84.4 Å². The predicted molar refractivity (Wildman–Crippen MR) is 184 cm³/mol. The first-order valence-corrected chi connectivity index (χ1v) is 17.2. The second-order valence-corrected chi connectivity index (χ2v) is 14.2. The number of rotatable bonds is 4. The summed E-state index contributed by atoms with van der Waals surface area (Å²) in [7, 11) is 0. The van der Waals surface area contributed by atoms with Crippen molar-refractivity contribution in [1.29, 1.82) is 0 Å². The van der Waals surface area contributed by atoms with Crippen molar-refractivity contribution in [3.63, 3.8) is 0 Å². The van der Waals surface area contributed by atoms with E-state index in [1.54, 1.807) is 78.9 Å². The van der Waals surface area contributed by atoms with E-state index in [1.165, 1.54) is 18.2 Å². The van der Waals surface area contributed by atoms with Crippen LogP contribution in [0.3, 0.4) is 0 Å². The van der Waals surface area contributed by atoms with Crippen LogP contribution in [0.4, 0.5) is 32.0 Å². The van der Waals surface area contributed by atoms with Crippen molar-refractivity contribution in [3.05, 3.63) is 149 Å². The molecule has 3 aliphatic carbocycles. The number of fused-ring (bicyclic) bond motifs is 4. The number of phenols is 1. The van der Waals surface area contributed by atoms with Gasteiger partial charge >= 0.3 is 12.4 Å². The maximum Gasteiger partial charge on any atom is 0.416 e. The summed E-state index contributed by atoms with van der Waals surface area (Å²) in [6.07, 6.45) is -7.58. The highest BCUT2D eigenvalue weighted by Gasteiger charge is 2.66. The zero-order chi connectivity index (χ0) is 38.3. The fourth-order valence-corrected chi connectivity index (χ4v) is 9.24. The summed E-state index contributed by atoms with van der Waals surface area (Å²) in [6, 6.07) is 24.0. The summed E-state index contributed by atoms with van der Waals surface area (Å²) in [5.74, 6) is -8.15. The Bertz CT molecular complexity index is 2250. The summed E-state index contributed by atoms with van der Waals surface area (Å²) in [6.45, 7) is 0. The lowest BCUT2D eigenvalue weighted by Crippen LogP contribution is -2.58. The van der Waals surface area contributed by atoms with Crippen molar-refractivity contribution < 1.29 is 50.6 Å². The van der Waals surface area contributed by atoms with Crippen molar-refractivity contribution >= 4 is 34.6 Å². The van der Waals surface area contributed by atoms with Crippen LogP contribution >= 0.6 is 0 Å². The summed E-state index contributed by atoms with van der Waals surface area (Å²) in [4.78, 5) is 58.8. The van der Waals surface area contributed by atoms with E-state index < -0.39 is 81.8 Å². The second kappa shape index (κ2) is 12.4.